The van der Waals surface area contributed by atoms with Crippen LogP contribution in [0, 0.1) is 6.92 Å². The molecule has 0 unspecified atom stereocenters. The lowest BCUT2D eigenvalue weighted by Gasteiger charge is -2.17. The predicted molar refractivity (Wildman–Crippen MR) is 97.4 cm³/mol. The van der Waals surface area contributed by atoms with Gasteiger partial charge >= 0.3 is 0 Å². The quantitative estimate of drug-likeness (QED) is 0.880. The molecule has 3 rings (SSSR count). The Bertz CT molecular complexity index is 774. The fraction of sp³-hybridized carbons (Fsp3) is 0.263. The number of benzene rings is 2. The first-order valence-corrected chi connectivity index (χ1v) is 8.96. The maximum absolute atomic E-state index is 12.0. The monoisotopic (exact) mass is 340 g/mol. The van der Waals surface area contributed by atoms with Gasteiger partial charge in [0, 0.05) is 11.4 Å². The maximum atomic E-state index is 12.0. The summed E-state index contributed by atoms with van der Waals surface area (Å²) in [6.45, 7) is 2.61. The molecule has 0 aromatic heterocycles. The molecule has 24 heavy (non-hydrogen) atoms. The van der Waals surface area contributed by atoms with Crippen LogP contribution in [-0.2, 0) is 22.4 Å². The zero-order valence-electron chi connectivity index (χ0n) is 13.6. The van der Waals surface area contributed by atoms with Crippen molar-refractivity contribution in [3.05, 3.63) is 59.2 Å². The molecule has 1 heterocycles. The minimum absolute atomic E-state index is 0.0300. The van der Waals surface area contributed by atoms with Crippen molar-refractivity contribution in [3.8, 4) is 0 Å². The number of fused-ring (bicyclic) bond motifs is 1. The van der Waals surface area contributed by atoms with E-state index in [9.17, 15) is 9.59 Å². The van der Waals surface area contributed by atoms with Crippen molar-refractivity contribution in [1.29, 1.82) is 0 Å². The van der Waals surface area contributed by atoms with Crippen molar-refractivity contribution in [2.45, 2.75) is 24.7 Å². The van der Waals surface area contributed by atoms with Crippen LogP contribution in [0.25, 0.3) is 0 Å². The first-order valence-electron chi connectivity index (χ1n) is 7.98. The van der Waals surface area contributed by atoms with Gasteiger partial charge in [0.15, 0.2) is 0 Å². The van der Waals surface area contributed by atoms with E-state index < -0.39 is 0 Å². The highest BCUT2D eigenvalue weighted by Gasteiger charge is 2.15. The number of rotatable bonds is 5. The molecule has 2 aromatic carbocycles. The van der Waals surface area contributed by atoms with Gasteiger partial charge in [-0.05, 0) is 36.6 Å². The average Bonchev–Trinajstić information content (AvgIpc) is 2.54. The second-order valence-electron chi connectivity index (χ2n) is 5.93. The summed E-state index contributed by atoms with van der Waals surface area (Å²) in [6.07, 6.45) is 1.14. The van der Waals surface area contributed by atoms with Crippen LogP contribution in [0.1, 0.15) is 16.7 Å². The Balaban J connectivity index is 1.50. The third-order valence-electron chi connectivity index (χ3n) is 3.86. The molecular weight excluding hydrogens is 320 g/mol. The molecule has 124 valence electrons. The average molecular weight is 340 g/mol. The van der Waals surface area contributed by atoms with E-state index in [1.54, 1.807) is 11.8 Å². The molecule has 1 aliphatic heterocycles. The fourth-order valence-electron chi connectivity index (χ4n) is 2.70. The summed E-state index contributed by atoms with van der Waals surface area (Å²) in [5.41, 5.74) is 4.17. The topological polar surface area (TPSA) is 58.2 Å². The van der Waals surface area contributed by atoms with Crippen LogP contribution in [0.4, 0.5) is 5.69 Å². The van der Waals surface area contributed by atoms with Crippen LogP contribution >= 0.6 is 11.8 Å². The number of hydrogen-bond acceptors (Lipinski definition) is 3. The zero-order valence-corrected chi connectivity index (χ0v) is 14.4. The first kappa shape index (κ1) is 16.6. The van der Waals surface area contributed by atoms with Gasteiger partial charge in [-0.25, -0.2) is 0 Å². The van der Waals surface area contributed by atoms with Gasteiger partial charge in [-0.1, -0.05) is 35.9 Å². The second kappa shape index (κ2) is 7.53. The minimum atomic E-state index is 0.0300. The number of carbonyl (C=O) groups is 2. The van der Waals surface area contributed by atoms with E-state index in [1.807, 2.05) is 43.3 Å². The van der Waals surface area contributed by atoms with Crippen LogP contribution in [0.5, 0.6) is 0 Å². The van der Waals surface area contributed by atoms with Crippen LogP contribution in [-0.4, -0.2) is 24.1 Å². The third kappa shape index (κ3) is 4.38. The molecule has 2 N–H and O–H groups in total. The lowest BCUT2D eigenvalue weighted by Crippen LogP contribution is -2.27. The molecule has 0 saturated carbocycles. The Morgan fingerprint density at radius 1 is 1.21 bits per heavy atom. The molecule has 5 heteroatoms. The van der Waals surface area contributed by atoms with Crippen molar-refractivity contribution >= 4 is 29.3 Å². The number of amides is 2. The molecule has 0 fully saturated rings. The highest BCUT2D eigenvalue weighted by molar-refractivity contribution is 8.00. The summed E-state index contributed by atoms with van der Waals surface area (Å²) in [6, 6.07) is 14.1. The molecule has 2 amide bonds. The zero-order chi connectivity index (χ0) is 16.9. The van der Waals surface area contributed by atoms with E-state index in [0.29, 0.717) is 18.7 Å². The van der Waals surface area contributed by atoms with E-state index in [1.165, 1.54) is 0 Å². The Morgan fingerprint density at radius 2 is 2.08 bits per heavy atom. The lowest BCUT2D eigenvalue weighted by molar-refractivity contribution is -0.120. The first-order chi connectivity index (χ1) is 11.6. The van der Waals surface area contributed by atoms with Gasteiger partial charge in [0.2, 0.25) is 11.8 Å². The summed E-state index contributed by atoms with van der Waals surface area (Å²) in [7, 11) is 0. The normalized spacial score (nSPS) is 13.1. The molecule has 0 atom stereocenters. The molecule has 4 nitrogen and oxygen atoms in total. The SMILES string of the molecule is Cc1cccc(CC(=O)NCCc2ccc3c(c2)NC(=O)CS3)c1. The smallest absolute Gasteiger partial charge is 0.234 e. The van der Waals surface area contributed by atoms with Crippen molar-refractivity contribution in [2.24, 2.45) is 0 Å². The molecule has 0 saturated heterocycles. The number of aryl methyl sites for hydroxylation is 1. The predicted octanol–water partition coefficient (Wildman–Crippen LogP) is 2.94. The number of nitrogens with one attached hydrogen (secondary N) is 2. The molecule has 0 bridgehead atoms. The van der Waals surface area contributed by atoms with E-state index in [4.69, 9.17) is 0 Å². The Hall–Kier alpha value is -2.27. The minimum Gasteiger partial charge on any atom is -0.355 e. The fourth-order valence-corrected chi connectivity index (χ4v) is 3.49. The van der Waals surface area contributed by atoms with Crippen LogP contribution < -0.4 is 10.6 Å². The van der Waals surface area contributed by atoms with E-state index in [-0.39, 0.29) is 11.8 Å². The van der Waals surface area contributed by atoms with Gasteiger partial charge in [-0.15, -0.1) is 11.8 Å². The number of anilines is 1. The summed E-state index contributed by atoms with van der Waals surface area (Å²) >= 11 is 1.55. The highest BCUT2D eigenvalue weighted by Crippen LogP contribution is 2.31. The van der Waals surface area contributed by atoms with Gasteiger partial charge < -0.3 is 10.6 Å². The van der Waals surface area contributed by atoms with E-state index >= 15 is 0 Å². The van der Waals surface area contributed by atoms with Gasteiger partial charge in [-0.3, -0.25) is 9.59 Å². The summed E-state index contributed by atoms with van der Waals surface area (Å²) < 4.78 is 0. The largest absolute Gasteiger partial charge is 0.355 e. The summed E-state index contributed by atoms with van der Waals surface area (Å²) in [5, 5.41) is 5.85. The third-order valence-corrected chi connectivity index (χ3v) is 4.93. The van der Waals surface area contributed by atoms with Gasteiger partial charge in [0.25, 0.3) is 0 Å². The molecule has 1 aliphatic rings. The summed E-state index contributed by atoms with van der Waals surface area (Å²) in [5.74, 6) is 0.542. The Labute approximate surface area is 146 Å². The van der Waals surface area contributed by atoms with Crippen molar-refractivity contribution < 1.29 is 9.59 Å². The Morgan fingerprint density at radius 3 is 2.92 bits per heavy atom. The Kier molecular flexibility index (Phi) is 5.20. The van der Waals surface area contributed by atoms with E-state index in [0.717, 1.165) is 33.7 Å². The van der Waals surface area contributed by atoms with Gasteiger partial charge in [0.1, 0.15) is 0 Å². The molecule has 0 aliphatic carbocycles. The number of carbonyl (C=O) groups excluding carboxylic acids is 2. The van der Waals surface area contributed by atoms with E-state index in [2.05, 4.69) is 16.7 Å². The molecule has 0 radical (unpaired) electrons. The van der Waals surface area contributed by atoms with Crippen molar-refractivity contribution in [3.63, 3.8) is 0 Å². The van der Waals surface area contributed by atoms with Crippen LogP contribution in [0.3, 0.4) is 0 Å². The second-order valence-corrected chi connectivity index (χ2v) is 6.95. The number of thioether (sulfide) groups is 1. The standard InChI is InChI=1S/C19H20N2O2S/c1-13-3-2-4-15(9-13)11-18(22)20-8-7-14-5-6-17-16(10-14)21-19(23)12-24-17/h2-6,9-10H,7-8,11-12H2,1H3,(H,20,22)(H,21,23). The molecular formula is C19H20N2O2S. The molecule has 0 spiro atoms. The summed E-state index contributed by atoms with van der Waals surface area (Å²) in [4.78, 5) is 24.6. The maximum Gasteiger partial charge on any atom is 0.234 e. The van der Waals surface area contributed by atoms with Crippen molar-refractivity contribution in [2.75, 3.05) is 17.6 Å². The van der Waals surface area contributed by atoms with Gasteiger partial charge in [-0.2, -0.15) is 0 Å². The number of hydrogen-bond donors (Lipinski definition) is 2. The molecule has 2 aromatic rings. The van der Waals surface area contributed by atoms with Crippen LogP contribution in [0.2, 0.25) is 0 Å². The van der Waals surface area contributed by atoms with Crippen LogP contribution in [0.15, 0.2) is 47.4 Å². The van der Waals surface area contributed by atoms with Gasteiger partial charge in [0.05, 0.1) is 17.9 Å². The highest BCUT2D eigenvalue weighted by atomic mass is 32.2. The lowest BCUT2D eigenvalue weighted by atomic mass is 10.1. The van der Waals surface area contributed by atoms with Crippen molar-refractivity contribution in [1.82, 2.24) is 5.32 Å².